The summed E-state index contributed by atoms with van der Waals surface area (Å²) in [6.45, 7) is 10.5. The average molecular weight is 613 g/mol. The summed E-state index contributed by atoms with van der Waals surface area (Å²) in [5.41, 5.74) is 15.2. The van der Waals surface area contributed by atoms with E-state index in [1.807, 2.05) is 29.2 Å². The Morgan fingerprint density at radius 1 is 1.05 bits per heavy atom. The second-order valence-electron chi connectivity index (χ2n) is 11.7. The van der Waals surface area contributed by atoms with E-state index in [1.165, 1.54) is 21.6 Å². The van der Waals surface area contributed by atoms with Crippen molar-refractivity contribution in [2.45, 2.75) is 64.0 Å². The minimum absolute atomic E-state index is 0.0871. The molecule has 0 fully saturated rings. The smallest absolute Gasteiger partial charge is 0.162 e. The number of hydrogen-bond acceptors (Lipinski definition) is 5. The molecule has 1 aliphatic heterocycles. The van der Waals surface area contributed by atoms with Crippen molar-refractivity contribution in [1.82, 2.24) is 0 Å². The number of carbonyl (C=O) groups excluding carboxylic acids is 1. The van der Waals surface area contributed by atoms with E-state index in [2.05, 4.69) is 93.0 Å². The molecule has 2 N–H and O–H groups in total. The van der Waals surface area contributed by atoms with Crippen LogP contribution in [0.1, 0.15) is 60.4 Å². The SMILES string of the molecule is Cc1ccc(SCc2cc(C3C(C#N)=C(N)N(c4ccccc4Br)C4=C3C(=O)CC(C)(C)C4)c(C)cc2C)cc1. The van der Waals surface area contributed by atoms with Crippen molar-refractivity contribution in [3.63, 3.8) is 0 Å². The number of halogens is 1. The molecule has 204 valence electrons. The second-order valence-corrected chi connectivity index (χ2v) is 13.6. The van der Waals surface area contributed by atoms with E-state index < -0.39 is 5.92 Å². The lowest BCUT2D eigenvalue weighted by Crippen LogP contribution is -2.42. The van der Waals surface area contributed by atoms with Gasteiger partial charge in [0.25, 0.3) is 0 Å². The number of rotatable bonds is 5. The van der Waals surface area contributed by atoms with Crippen molar-refractivity contribution in [2.75, 3.05) is 4.90 Å². The highest BCUT2D eigenvalue weighted by Crippen LogP contribution is 2.51. The zero-order chi connectivity index (χ0) is 28.8. The lowest BCUT2D eigenvalue weighted by atomic mass is 9.68. The number of anilines is 1. The Kier molecular flexibility index (Phi) is 7.74. The van der Waals surface area contributed by atoms with Crippen LogP contribution in [0.3, 0.4) is 0 Å². The van der Waals surface area contributed by atoms with Crippen LogP contribution in [0.15, 0.2) is 92.7 Å². The van der Waals surface area contributed by atoms with Gasteiger partial charge in [-0.3, -0.25) is 9.69 Å². The monoisotopic (exact) mass is 611 g/mol. The molecular weight excluding hydrogens is 578 g/mol. The standard InChI is InChI=1S/C34H34BrN3OS/c1-20-10-12-24(13-11-20)40-19-23-15-25(22(3)14-21(23)2)31-26(18-36)33(37)38(28-9-7-6-8-27(28)35)29-16-34(4,5)17-30(39)32(29)31/h6-15,31H,16-17,19,37H2,1-5H3. The summed E-state index contributed by atoms with van der Waals surface area (Å²) in [7, 11) is 0. The molecule has 1 atom stereocenters. The molecule has 1 heterocycles. The summed E-state index contributed by atoms with van der Waals surface area (Å²) >= 11 is 5.47. The summed E-state index contributed by atoms with van der Waals surface area (Å²) in [6, 6.07) is 23.2. The average Bonchev–Trinajstić information content (AvgIpc) is 2.89. The molecule has 0 bridgehead atoms. The van der Waals surface area contributed by atoms with Crippen LogP contribution in [-0.2, 0) is 10.5 Å². The van der Waals surface area contributed by atoms with Gasteiger partial charge in [-0.25, -0.2) is 0 Å². The van der Waals surface area contributed by atoms with Gasteiger partial charge in [-0.1, -0.05) is 55.8 Å². The first kappa shape index (κ1) is 28.3. The van der Waals surface area contributed by atoms with Gasteiger partial charge in [0.1, 0.15) is 5.82 Å². The van der Waals surface area contributed by atoms with Gasteiger partial charge in [0.05, 0.1) is 23.2 Å². The molecule has 6 heteroatoms. The second kappa shape index (κ2) is 11.0. The van der Waals surface area contributed by atoms with Crippen LogP contribution in [-0.4, -0.2) is 5.78 Å². The van der Waals surface area contributed by atoms with Crippen molar-refractivity contribution in [3.8, 4) is 6.07 Å². The van der Waals surface area contributed by atoms with E-state index in [4.69, 9.17) is 5.73 Å². The van der Waals surface area contributed by atoms with Crippen molar-refractivity contribution >= 4 is 39.2 Å². The first-order chi connectivity index (χ1) is 19.0. The normalized spacial score (nSPS) is 18.6. The largest absolute Gasteiger partial charge is 0.384 e. The first-order valence-corrected chi connectivity index (χ1v) is 15.3. The molecule has 3 aromatic rings. The molecule has 40 heavy (non-hydrogen) atoms. The number of benzene rings is 3. The van der Waals surface area contributed by atoms with Gasteiger partial charge in [-0.15, -0.1) is 11.8 Å². The number of nitrogens with zero attached hydrogens (tertiary/aromatic N) is 2. The lowest BCUT2D eigenvalue weighted by molar-refractivity contribution is -0.118. The summed E-state index contributed by atoms with van der Waals surface area (Å²) in [5, 5.41) is 10.5. The highest BCUT2D eigenvalue weighted by Gasteiger charge is 2.45. The third-order valence-electron chi connectivity index (χ3n) is 7.93. The van der Waals surface area contributed by atoms with E-state index in [9.17, 15) is 10.1 Å². The zero-order valence-corrected chi connectivity index (χ0v) is 26.0. The van der Waals surface area contributed by atoms with Crippen molar-refractivity contribution in [3.05, 3.63) is 116 Å². The Hall–Kier alpha value is -3.27. The van der Waals surface area contributed by atoms with Crippen LogP contribution in [0.2, 0.25) is 0 Å². The van der Waals surface area contributed by atoms with Crippen molar-refractivity contribution in [1.29, 1.82) is 5.26 Å². The minimum atomic E-state index is -0.494. The number of thioether (sulfide) groups is 1. The fourth-order valence-electron chi connectivity index (χ4n) is 5.91. The fraction of sp³-hybridized carbons (Fsp3) is 0.294. The summed E-state index contributed by atoms with van der Waals surface area (Å²) in [4.78, 5) is 17.1. The maximum Gasteiger partial charge on any atom is 0.162 e. The number of Topliss-reactive ketones (excluding diaryl/α,β-unsaturated/α-hetero) is 1. The number of ketones is 1. The van der Waals surface area contributed by atoms with Gasteiger partial charge in [-0.2, -0.15) is 5.26 Å². The quantitative estimate of drug-likeness (QED) is 0.292. The molecule has 0 aromatic heterocycles. The molecule has 0 saturated carbocycles. The Morgan fingerprint density at radius 3 is 2.42 bits per heavy atom. The number of para-hydroxylation sites is 1. The van der Waals surface area contributed by atoms with Gasteiger partial charge in [0.2, 0.25) is 0 Å². The molecule has 3 aromatic carbocycles. The van der Waals surface area contributed by atoms with E-state index in [0.29, 0.717) is 29.8 Å². The lowest BCUT2D eigenvalue weighted by Gasteiger charge is -2.44. The number of nitrogens with two attached hydrogens (primary N) is 1. The van der Waals surface area contributed by atoms with E-state index >= 15 is 0 Å². The summed E-state index contributed by atoms with van der Waals surface area (Å²) in [5.74, 6) is 0.778. The molecular formula is C34H34BrN3OS. The molecule has 1 aliphatic carbocycles. The highest BCUT2D eigenvalue weighted by atomic mass is 79.9. The van der Waals surface area contributed by atoms with Crippen LogP contribution in [0, 0.1) is 37.5 Å². The predicted octanol–water partition coefficient (Wildman–Crippen LogP) is 8.61. The summed E-state index contributed by atoms with van der Waals surface area (Å²) < 4.78 is 0.860. The third-order valence-corrected chi connectivity index (χ3v) is 9.66. The molecule has 2 aliphatic rings. The molecule has 4 nitrogen and oxygen atoms in total. The number of hydrogen-bond donors (Lipinski definition) is 1. The maximum absolute atomic E-state index is 14.0. The highest BCUT2D eigenvalue weighted by molar-refractivity contribution is 9.10. The fourth-order valence-corrected chi connectivity index (χ4v) is 7.33. The first-order valence-electron chi connectivity index (χ1n) is 13.5. The van der Waals surface area contributed by atoms with Crippen LogP contribution in [0.25, 0.3) is 0 Å². The Morgan fingerprint density at radius 2 is 1.75 bits per heavy atom. The molecule has 5 rings (SSSR count). The zero-order valence-electron chi connectivity index (χ0n) is 23.6. The molecule has 0 saturated heterocycles. The molecule has 0 spiro atoms. The van der Waals surface area contributed by atoms with Gasteiger partial charge in [0, 0.05) is 32.8 Å². The van der Waals surface area contributed by atoms with Crippen molar-refractivity contribution < 1.29 is 4.79 Å². The van der Waals surface area contributed by atoms with E-state index in [-0.39, 0.29) is 11.2 Å². The van der Waals surface area contributed by atoms with Gasteiger partial charge in [-0.05, 0) is 95.1 Å². The van der Waals surface area contributed by atoms with Gasteiger partial charge in [0.15, 0.2) is 5.78 Å². The van der Waals surface area contributed by atoms with Gasteiger partial charge < -0.3 is 5.73 Å². The maximum atomic E-state index is 14.0. The van der Waals surface area contributed by atoms with Crippen LogP contribution >= 0.6 is 27.7 Å². The topological polar surface area (TPSA) is 70.1 Å². The summed E-state index contributed by atoms with van der Waals surface area (Å²) in [6.07, 6.45) is 1.12. The number of carbonyl (C=O) groups is 1. The molecule has 1 unspecified atom stereocenters. The minimum Gasteiger partial charge on any atom is -0.384 e. The van der Waals surface area contributed by atoms with Crippen LogP contribution in [0.4, 0.5) is 5.69 Å². The Bertz CT molecular complexity index is 1610. The van der Waals surface area contributed by atoms with Crippen molar-refractivity contribution in [2.24, 2.45) is 11.1 Å². The molecule has 0 radical (unpaired) electrons. The van der Waals surface area contributed by atoms with Crippen LogP contribution < -0.4 is 10.6 Å². The van der Waals surface area contributed by atoms with Crippen LogP contribution in [0.5, 0.6) is 0 Å². The Labute approximate surface area is 250 Å². The number of nitriles is 1. The van der Waals surface area contributed by atoms with Gasteiger partial charge >= 0.3 is 0 Å². The van der Waals surface area contributed by atoms with E-state index in [0.717, 1.165) is 32.7 Å². The predicted molar refractivity (Wildman–Crippen MR) is 168 cm³/mol. The number of aryl methyl sites for hydroxylation is 3. The van der Waals surface area contributed by atoms with E-state index in [1.54, 1.807) is 11.8 Å². The number of allylic oxidation sites excluding steroid dienone is 3. The third kappa shape index (κ3) is 5.25. The Balaban J connectivity index is 1.67. The molecule has 0 amide bonds.